The summed E-state index contributed by atoms with van der Waals surface area (Å²) < 4.78 is 2.64. The van der Waals surface area contributed by atoms with Crippen molar-refractivity contribution < 1.29 is 0 Å². The smallest absolute Gasteiger partial charge is 0.159 e. The molecule has 3 aromatic rings. The Morgan fingerprint density at radius 2 is 2.17 bits per heavy atom. The van der Waals surface area contributed by atoms with Gasteiger partial charge in [0.1, 0.15) is 0 Å². The van der Waals surface area contributed by atoms with Gasteiger partial charge in [-0.15, -0.1) is 0 Å². The van der Waals surface area contributed by atoms with Gasteiger partial charge in [0.15, 0.2) is 5.82 Å². The van der Waals surface area contributed by atoms with Gasteiger partial charge in [-0.25, -0.2) is 0 Å². The first kappa shape index (κ1) is 11.2. The third-order valence-electron chi connectivity index (χ3n) is 2.76. The number of hydrogen-bond donors (Lipinski definition) is 1. The van der Waals surface area contributed by atoms with Crippen molar-refractivity contribution in [3.8, 4) is 0 Å². The van der Waals surface area contributed by atoms with Crippen LogP contribution in [0.15, 0.2) is 47.2 Å². The van der Waals surface area contributed by atoms with E-state index in [-0.39, 0.29) is 0 Å². The molecule has 18 heavy (non-hydrogen) atoms. The summed E-state index contributed by atoms with van der Waals surface area (Å²) in [7, 11) is 0. The largest absolute Gasteiger partial charge is 0.381 e. The van der Waals surface area contributed by atoms with E-state index in [2.05, 4.69) is 44.2 Å². The third-order valence-corrected chi connectivity index (χ3v) is 3.37. The summed E-state index contributed by atoms with van der Waals surface area (Å²) >= 11 is 3.35. The van der Waals surface area contributed by atoms with Gasteiger partial charge >= 0.3 is 0 Å². The van der Waals surface area contributed by atoms with E-state index in [0.29, 0.717) is 12.4 Å². The van der Waals surface area contributed by atoms with Crippen molar-refractivity contribution in [3.05, 3.63) is 52.8 Å². The van der Waals surface area contributed by atoms with Gasteiger partial charge in [-0.3, -0.25) is 9.67 Å². The van der Waals surface area contributed by atoms with Crippen LogP contribution in [0, 0.1) is 0 Å². The molecule has 5 heteroatoms. The van der Waals surface area contributed by atoms with Gasteiger partial charge in [-0.1, -0.05) is 12.1 Å². The molecule has 1 aromatic carbocycles. The molecule has 0 saturated heterocycles. The maximum atomic E-state index is 5.70. The van der Waals surface area contributed by atoms with E-state index in [9.17, 15) is 0 Å². The normalized spacial score (nSPS) is 10.9. The highest BCUT2D eigenvalue weighted by Crippen LogP contribution is 2.18. The minimum absolute atomic E-state index is 0.512. The van der Waals surface area contributed by atoms with Crippen molar-refractivity contribution >= 4 is 32.7 Å². The van der Waals surface area contributed by atoms with Crippen LogP contribution in [-0.4, -0.2) is 14.8 Å². The van der Waals surface area contributed by atoms with Gasteiger partial charge in [0.25, 0.3) is 0 Å². The van der Waals surface area contributed by atoms with Crippen molar-refractivity contribution in [3.63, 3.8) is 0 Å². The van der Waals surface area contributed by atoms with Crippen LogP contribution >= 0.6 is 15.9 Å². The van der Waals surface area contributed by atoms with Crippen molar-refractivity contribution in [2.45, 2.75) is 6.54 Å². The Hall–Kier alpha value is -1.88. The summed E-state index contributed by atoms with van der Waals surface area (Å²) in [6, 6.07) is 10.2. The first-order valence-electron chi connectivity index (χ1n) is 5.54. The number of nitrogen functional groups attached to an aromatic ring is 1. The molecule has 90 valence electrons. The molecule has 0 aliphatic heterocycles. The van der Waals surface area contributed by atoms with Crippen LogP contribution in [0.4, 0.5) is 5.82 Å². The molecular formula is C13H11BrN4. The molecule has 0 amide bonds. The van der Waals surface area contributed by atoms with Gasteiger partial charge < -0.3 is 5.73 Å². The number of fused-ring (bicyclic) bond motifs is 1. The van der Waals surface area contributed by atoms with E-state index in [1.54, 1.807) is 6.20 Å². The molecular weight excluding hydrogens is 292 g/mol. The number of aromatic nitrogens is 3. The lowest BCUT2D eigenvalue weighted by molar-refractivity contribution is 0.690. The highest BCUT2D eigenvalue weighted by molar-refractivity contribution is 9.10. The molecule has 0 saturated carbocycles. The Morgan fingerprint density at radius 3 is 2.94 bits per heavy atom. The molecule has 0 atom stereocenters. The van der Waals surface area contributed by atoms with E-state index in [1.165, 1.54) is 5.56 Å². The second kappa shape index (κ2) is 4.42. The maximum Gasteiger partial charge on any atom is 0.159 e. The molecule has 4 nitrogen and oxygen atoms in total. The predicted octanol–water partition coefficient (Wildman–Crippen LogP) is 2.82. The topological polar surface area (TPSA) is 56.7 Å². The number of nitrogens with zero attached hydrogens (tertiary/aromatic N) is 3. The fourth-order valence-corrected chi connectivity index (χ4v) is 2.22. The summed E-state index contributed by atoms with van der Waals surface area (Å²) in [5.41, 5.74) is 7.87. The molecule has 0 aliphatic carbocycles. The zero-order valence-corrected chi connectivity index (χ0v) is 11.1. The average molecular weight is 303 g/mol. The fourth-order valence-electron chi connectivity index (χ4n) is 1.90. The second-order valence-corrected chi connectivity index (χ2v) is 4.94. The number of nitrogens with two attached hydrogens (primary N) is 1. The van der Waals surface area contributed by atoms with E-state index < -0.39 is 0 Å². The minimum atomic E-state index is 0.512. The summed E-state index contributed by atoms with van der Waals surface area (Å²) in [5, 5.41) is 5.35. The lowest BCUT2D eigenvalue weighted by atomic mass is 10.1. The van der Waals surface area contributed by atoms with Crippen LogP contribution in [0.1, 0.15) is 5.56 Å². The Kier molecular flexibility index (Phi) is 2.76. The Labute approximate surface area is 113 Å². The zero-order valence-electron chi connectivity index (χ0n) is 9.55. The molecule has 0 radical (unpaired) electrons. The maximum absolute atomic E-state index is 5.70. The van der Waals surface area contributed by atoms with Crippen LogP contribution < -0.4 is 5.73 Å². The first-order valence-corrected chi connectivity index (χ1v) is 6.34. The van der Waals surface area contributed by atoms with Gasteiger partial charge in [0.2, 0.25) is 0 Å². The summed E-state index contributed by atoms with van der Waals surface area (Å²) in [6.45, 7) is 0.695. The molecule has 2 heterocycles. The fraction of sp³-hybridized carbons (Fsp3) is 0.0769. The standard InChI is InChI=1S/C13H11BrN4/c14-11-8-18(17-13(11)15)7-9-3-4-12-10(6-9)2-1-5-16-12/h1-6,8H,7H2,(H2,15,17). The van der Waals surface area contributed by atoms with Crippen LogP contribution in [0.5, 0.6) is 0 Å². The van der Waals surface area contributed by atoms with Crippen molar-refractivity contribution in [1.29, 1.82) is 0 Å². The molecule has 2 N–H and O–H groups in total. The number of anilines is 1. The van der Waals surface area contributed by atoms with Crippen LogP contribution in [-0.2, 0) is 6.54 Å². The lowest BCUT2D eigenvalue weighted by Crippen LogP contribution is -2.01. The van der Waals surface area contributed by atoms with E-state index in [4.69, 9.17) is 5.73 Å². The summed E-state index contributed by atoms with van der Waals surface area (Å²) in [4.78, 5) is 4.30. The van der Waals surface area contributed by atoms with Crippen LogP contribution in [0.3, 0.4) is 0 Å². The molecule has 0 unspecified atom stereocenters. The molecule has 0 spiro atoms. The second-order valence-electron chi connectivity index (χ2n) is 4.09. The SMILES string of the molecule is Nc1nn(Cc2ccc3ncccc3c2)cc1Br. The van der Waals surface area contributed by atoms with Crippen LogP contribution in [0.2, 0.25) is 0 Å². The molecule has 0 bridgehead atoms. The zero-order chi connectivity index (χ0) is 12.5. The Morgan fingerprint density at radius 1 is 1.28 bits per heavy atom. The molecule has 0 fully saturated rings. The van der Waals surface area contributed by atoms with Crippen molar-refractivity contribution in [2.75, 3.05) is 5.73 Å². The van der Waals surface area contributed by atoms with Gasteiger partial charge in [0, 0.05) is 17.8 Å². The van der Waals surface area contributed by atoms with Gasteiger partial charge in [0.05, 0.1) is 16.5 Å². The first-order chi connectivity index (χ1) is 8.72. The summed E-state index contributed by atoms with van der Waals surface area (Å²) in [5.74, 6) is 0.512. The van der Waals surface area contributed by atoms with E-state index in [0.717, 1.165) is 15.4 Å². The number of rotatable bonds is 2. The van der Waals surface area contributed by atoms with Gasteiger partial charge in [-0.05, 0) is 39.7 Å². The van der Waals surface area contributed by atoms with Gasteiger partial charge in [-0.2, -0.15) is 5.10 Å². The highest BCUT2D eigenvalue weighted by atomic mass is 79.9. The number of hydrogen-bond acceptors (Lipinski definition) is 3. The molecule has 3 rings (SSSR count). The average Bonchev–Trinajstić information content (AvgIpc) is 2.68. The van der Waals surface area contributed by atoms with Crippen molar-refractivity contribution in [1.82, 2.24) is 14.8 Å². The number of halogens is 1. The number of pyridine rings is 1. The Bertz CT molecular complexity index is 686. The lowest BCUT2D eigenvalue weighted by Gasteiger charge is -2.03. The monoisotopic (exact) mass is 302 g/mol. The van der Waals surface area contributed by atoms with E-state index in [1.807, 2.05) is 23.0 Å². The quantitative estimate of drug-likeness (QED) is 0.792. The third kappa shape index (κ3) is 2.09. The van der Waals surface area contributed by atoms with Crippen molar-refractivity contribution in [2.24, 2.45) is 0 Å². The van der Waals surface area contributed by atoms with Crippen LogP contribution in [0.25, 0.3) is 10.9 Å². The summed E-state index contributed by atoms with van der Waals surface area (Å²) in [6.07, 6.45) is 3.68. The van der Waals surface area contributed by atoms with E-state index >= 15 is 0 Å². The Balaban J connectivity index is 1.95. The molecule has 2 aromatic heterocycles. The predicted molar refractivity (Wildman–Crippen MR) is 75.2 cm³/mol. The number of benzene rings is 1. The minimum Gasteiger partial charge on any atom is -0.381 e. The molecule has 0 aliphatic rings. The highest BCUT2D eigenvalue weighted by Gasteiger charge is 2.03.